The predicted molar refractivity (Wildman–Crippen MR) is 140 cm³/mol. The number of hydrogen-bond donors (Lipinski definition) is 1. The van der Waals surface area contributed by atoms with E-state index in [9.17, 15) is 9.59 Å². The summed E-state index contributed by atoms with van der Waals surface area (Å²) < 4.78 is 13.2. The Morgan fingerprint density at radius 3 is 2.28 bits per heavy atom. The second-order valence-electron chi connectivity index (χ2n) is 11.4. The summed E-state index contributed by atoms with van der Waals surface area (Å²) in [7, 11) is 4.30. The second-order valence-corrected chi connectivity index (χ2v) is 11.4. The van der Waals surface area contributed by atoms with Crippen molar-refractivity contribution in [3.63, 3.8) is 0 Å². The summed E-state index contributed by atoms with van der Waals surface area (Å²) in [6.07, 6.45) is 5.12. The fraction of sp³-hybridized carbons (Fsp3) is 0.586. The summed E-state index contributed by atoms with van der Waals surface area (Å²) >= 11 is 0. The standard InChI is InChI=1S/C29H39N3O4/c1-16-14-17(2)30-27(33)23(16)15-32-13-12-22-18(3)25-26(19(4)24(22)28(32)34)36-29(5,35-25)20-8-10-21(11-9-20)31(6)7/h14,20-21H,8-13,15H2,1-7H3,(H,30,33)/t20?,21?,29-/m1/s1. The van der Waals surface area contributed by atoms with Gasteiger partial charge < -0.3 is 24.3 Å². The molecule has 7 heteroatoms. The van der Waals surface area contributed by atoms with Crippen molar-refractivity contribution >= 4 is 5.91 Å². The molecule has 1 aromatic carbocycles. The third-order valence-corrected chi connectivity index (χ3v) is 8.77. The van der Waals surface area contributed by atoms with Gasteiger partial charge >= 0.3 is 0 Å². The number of aromatic nitrogens is 1. The number of nitrogens with one attached hydrogen (secondary N) is 1. The molecule has 7 nitrogen and oxygen atoms in total. The van der Waals surface area contributed by atoms with Gasteiger partial charge in [-0.25, -0.2) is 0 Å². The number of aromatic amines is 1. The summed E-state index contributed by atoms with van der Waals surface area (Å²) in [5.41, 5.74) is 5.88. The van der Waals surface area contributed by atoms with Crippen molar-refractivity contribution < 1.29 is 14.3 Å². The highest BCUT2D eigenvalue weighted by Crippen LogP contribution is 2.52. The van der Waals surface area contributed by atoms with Crippen LogP contribution in [0.3, 0.4) is 0 Å². The molecule has 5 rings (SSSR count). The Morgan fingerprint density at radius 2 is 1.67 bits per heavy atom. The molecule has 1 aromatic heterocycles. The first-order valence-corrected chi connectivity index (χ1v) is 13.2. The maximum atomic E-state index is 13.8. The molecule has 1 N–H and O–H groups in total. The van der Waals surface area contributed by atoms with Crippen LogP contribution in [0.15, 0.2) is 10.9 Å². The molecule has 0 radical (unpaired) electrons. The zero-order chi connectivity index (χ0) is 25.9. The number of carbonyl (C=O) groups excluding carboxylic acids is 1. The maximum absolute atomic E-state index is 13.8. The molecule has 0 saturated heterocycles. The van der Waals surface area contributed by atoms with Crippen LogP contribution in [0.1, 0.15) is 76.5 Å². The van der Waals surface area contributed by atoms with E-state index in [-0.39, 0.29) is 11.5 Å². The lowest BCUT2D eigenvalue weighted by Crippen LogP contribution is -2.46. The van der Waals surface area contributed by atoms with Gasteiger partial charge in [0.2, 0.25) is 0 Å². The van der Waals surface area contributed by atoms with Crippen molar-refractivity contribution in [2.24, 2.45) is 5.92 Å². The van der Waals surface area contributed by atoms with Gasteiger partial charge in [-0.3, -0.25) is 9.59 Å². The predicted octanol–water partition coefficient (Wildman–Crippen LogP) is 4.41. The Kier molecular flexibility index (Phi) is 6.18. The topological polar surface area (TPSA) is 74.9 Å². The van der Waals surface area contributed by atoms with Crippen LogP contribution in [0.25, 0.3) is 0 Å². The Balaban J connectivity index is 1.43. The van der Waals surface area contributed by atoms with Crippen molar-refractivity contribution in [3.8, 4) is 11.5 Å². The van der Waals surface area contributed by atoms with Gasteiger partial charge in [0.05, 0.1) is 6.54 Å². The average molecular weight is 494 g/mol. The number of benzene rings is 1. The van der Waals surface area contributed by atoms with E-state index in [2.05, 4.69) is 30.9 Å². The number of pyridine rings is 1. The number of aryl methyl sites for hydroxylation is 2. The third kappa shape index (κ3) is 4.01. The molecule has 0 unspecified atom stereocenters. The van der Waals surface area contributed by atoms with Gasteiger partial charge in [0.25, 0.3) is 17.3 Å². The van der Waals surface area contributed by atoms with E-state index in [0.29, 0.717) is 41.9 Å². The lowest BCUT2D eigenvalue weighted by Gasteiger charge is -2.39. The van der Waals surface area contributed by atoms with Gasteiger partial charge in [0, 0.05) is 47.8 Å². The number of carbonyl (C=O) groups is 1. The molecule has 1 amide bonds. The first kappa shape index (κ1) is 24.9. The minimum Gasteiger partial charge on any atom is -0.448 e. The summed E-state index contributed by atoms with van der Waals surface area (Å²) in [5, 5.41) is 0. The first-order chi connectivity index (χ1) is 17.0. The number of hydrogen-bond acceptors (Lipinski definition) is 5. The summed E-state index contributed by atoms with van der Waals surface area (Å²) in [6, 6.07) is 2.57. The number of fused-ring (bicyclic) bond motifs is 2. The molecule has 1 atom stereocenters. The van der Waals surface area contributed by atoms with Gasteiger partial charge in [0.15, 0.2) is 11.5 Å². The van der Waals surface area contributed by atoms with E-state index in [0.717, 1.165) is 65.8 Å². The first-order valence-electron chi connectivity index (χ1n) is 13.2. The average Bonchev–Trinajstić information content (AvgIpc) is 3.20. The minimum absolute atomic E-state index is 0.0391. The number of H-pyrrole nitrogens is 1. The zero-order valence-corrected chi connectivity index (χ0v) is 22.7. The zero-order valence-electron chi connectivity index (χ0n) is 22.7. The van der Waals surface area contributed by atoms with E-state index in [1.54, 1.807) is 4.90 Å². The van der Waals surface area contributed by atoms with Gasteiger partial charge in [-0.15, -0.1) is 0 Å². The molecule has 2 aliphatic heterocycles. The van der Waals surface area contributed by atoms with Gasteiger partial charge in [-0.05, 0) is 96.7 Å². The van der Waals surface area contributed by atoms with E-state index in [4.69, 9.17) is 9.47 Å². The Bertz CT molecular complexity index is 1270. The highest BCUT2D eigenvalue weighted by molar-refractivity contribution is 6.00. The maximum Gasteiger partial charge on any atom is 0.254 e. The highest BCUT2D eigenvalue weighted by atomic mass is 16.7. The summed E-state index contributed by atoms with van der Waals surface area (Å²) in [4.78, 5) is 33.4. The monoisotopic (exact) mass is 493 g/mol. The van der Waals surface area contributed by atoms with Crippen LogP contribution in [-0.2, 0) is 13.0 Å². The van der Waals surface area contributed by atoms with E-state index in [1.165, 1.54) is 0 Å². The number of ether oxygens (including phenoxy) is 2. The van der Waals surface area contributed by atoms with Crippen LogP contribution in [-0.4, -0.2) is 53.2 Å². The number of nitrogens with zero attached hydrogens (tertiary/aromatic N) is 2. The molecule has 2 aromatic rings. The van der Waals surface area contributed by atoms with Crippen LogP contribution in [0, 0.1) is 33.6 Å². The molecule has 36 heavy (non-hydrogen) atoms. The van der Waals surface area contributed by atoms with Crippen molar-refractivity contribution in [3.05, 3.63) is 55.5 Å². The molecule has 1 aliphatic carbocycles. The largest absolute Gasteiger partial charge is 0.448 e. The molecular weight excluding hydrogens is 454 g/mol. The van der Waals surface area contributed by atoms with Crippen LogP contribution in [0.4, 0.5) is 0 Å². The van der Waals surface area contributed by atoms with E-state index in [1.807, 2.05) is 33.8 Å². The second kappa shape index (κ2) is 8.94. The molecule has 1 saturated carbocycles. The van der Waals surface area contributed by atoms with Crippen LogP contribution in [0.5, 0.6) is 11.5 Å². The molecule has 0 spiro atoms. The van der Waals surface area contributed by atoms with Crippen LogP contribution >= 0.6 is 0 Å². The van der Waals surface area contributed by atoms with Crippen molar-refractivity contribution in [1.82, 2.24) is 14.8 Å². The van der Waals surface area contributed by atoms with Crippen molar-refractivity contribution in [2.45, 2.75) is 85.1 Å². The van der Waals surface area contributed by atoms with Gasteiger partial charge in [-0.1, -0.05) is 0 Å². The molecule has 3 heterocycles. The van der Waals surface area contributed by atoms with E-state index >= 15 is 0 Å². The Labute approximate surface area is 213 Å². The summed E-state index contributed by atoms with van der Waals surface area (Å²) in [6.45, 7) is 10.8. The lowest BCUT2D eigenvalue weighted by atomic mass is 9.81. The van der Waals surface area contributed by atoms with Crippen molar-refractivity contribution in [2.75, 3.05) is 20.6 Å². The van der Waals surface area contributed by atoms with Crippen LogP contribution < -0.4 is 15.0 Å². The van der Waals surface area contributed by atoms with E-state index < -0.39 is 5.79 Å². The smallest absolute Gasteiger partial charge is 0.254 e. The molecule has 3 aliphatic rings. The molecule has 0 bridgehead atoms. The van der Waals surface area contributed by atoms with Crippen molar-refractivity contribution in [1.29, 1.82) is 0 Å². The normalized spacial score (nSPS) is 25.4. The minimum atomic E-state index is -0.714. The van der Waals surface area contributed by atoms with Crippen LogP contribution in [0.2, 0.25) is 0 Å². The molecule has 1 fully saturated rings. The quantitative estimate of drug-likeness (QED) is 0.683. The fourth-order valence-corrected chi connectivity index (χ4v) is 6.49. The Hall–Kier alpha value is -2.80. The SMILES string of the molecule is Cc1cc(C)c(CN2CCc3c(C)c4c(c(C)c3C2=O)O[C@](C)(C2CCC(N(C)C)CC2)O4)c(=O)[nH]1. The molecular formula is C29H39N3O4. The van der Waals surface area contributed by atoms with Gasteiger partial charge in [0.1, 0.15) is 0 Å². The highest BCUT2D eigenvalue weighted by Gasteiger charge is 2.48. The fourth-order valence-electron chi connectivity index (χ4n) is 6.49. The lowest BCUT2D eigenvalue weighted by molar-refractivity contribution is -0.123. The van der Waals surface area contributed by atoms with Gasteiger partial charge in [-0.2, -0.15) is 0 Å². The number of rotatable bonds is 4. The summed E-state index contributed by atoms with van der Waals surface area (Å²) in [5.74, 6) is 1.07. The molecule has 194 valence electrons. The number of amides is 1. The third-order valence-electron chi connectivity index (χ3n) is 8.77. The Morgan fingerprint density at radius 1 is 1.03 bits per heavy atom.